The van der Waals surface area contributed by atoms with Crippen molar-refractivity contribution in [1.82, 2.24) is 35.2 Å². The number of H-pyrrole nitrogens is 1. The summed E-state index contributed by atoms with van der Waals surface area (Å²) in [7, 11) is 0. The second kappa shape index (κ2) is 12.3. The molecule has 12 nitrogen and oxygen atoms in total. The SMILES string of the molecule is Cc1[nH]cnc1NCCNc1cc(C(=O)NC(C)c2ncc(C(=O)Nc3cc(C(F)(F)F)c(Cl)cn3)s2)ncn1. The molecule has 5 N–H and O–H groups in total. The van der Waals surface area contributed by atoms with E-state index < -0.39 is 34.6 Å². The van der Waals surface area contributed by atoms with Gasteiger partial charge >= 0.3 is 6.18 Å². The molecule has 17 heteroatoms. The Labute approximate surface area is 234 Å². The molecule has 4 rings (SSSR count). The monoisotopic (exact) mass is 594 g/mol. The van der Waals surface area contributed by atoms with Crippen LogP contribution in [0.25, 0.3) is 0 Å². The Morgan fingerprint density at radius 2 is 1.80 bits per heavy atom. The van der Waals surface area contributed by atoms with Gasteiger partial charge in [0.15, 0.2) is 0 Å². The maximum absolute atomic E-state index is 13.1. The van der Waals surface area contributed by atoms with E-state index in [1.165, 1.54) is 18.6 Å². The highest BCUT2D eigenvalue weighted by molar-refractivity contribution is 7.13. The van der Waals surface area contributed by atoms with Gasteiger partial charge in [0.05, 0.1) is 34.8 Å². The normalized spacial score (nSPS) is 12.1. The molecule has 2 amide bonds. The molecule has 0 spiro atoms. The van der Waals surface area contributed by atoms with E-state index in [0.29, 0.717) is 30.0 Å². The number of anilines is 3. The summed E-state index contributed by atoms with van der Waals surface area (Å²) in [5.74, 6) is -0.328. The Kier molecular flexibility index (Phi) is 8.79. The number of amides is 2. The van der Waals surface area contributed by atoms with Gasteiger partial charge in [-0.3, -0.25) is 9.59 Å². The fourth-order valence-electron chi connectivity index (χ4n) is 3.31. The molecular weight excluding hydrogens is 573 g/mol. The zero-order valence-corrected chi connectivity index (χ0v) is 22.5. The fourth-order valence-corrected chi connectivity index (χ4v) is 4.34. The van der Waals surface area contributed by atoms with E-state index in [4.69, 9.17) is 11.6 Å². The zero-order valence-electron chi connectivity index (χ0n) is 20.9. The van der Waals surface area contributed by atoms with Crippen LogP contribution in [0.15, 0.2) is 37.2 Å². The number of hydrogen-bond donors (Lipinski definition) is 5. The lowest BCUT2D eigenvalue weighted by molar-refractivity contribution is -0.137. The average Bonchev–Trinajstić information content (AvgIpc) is 3.57. The van der Waals surface area contributed by atoms with Crippen molar-refractivity contribution in [2.45, 2.75) is 26.1 Å². The standard InChI is InChI=1S/C23H22ClF3N10O2S/c1-11-19(35-9-32-11)29-4-3-28-17-6-15(33-10-34-17)20(38)36-12(2)22-31-8-16(40-22)21(39)37-18-5-13(23(25,26)27)14(24)7-30-18/h5-10,12,29H,3-4H2,1-2H3,(H,32,35)(H,36,38)(H,28,33,34)(H,30,37,39). The van der Waals surface area contributed by atoms with Gasteiger partial charge in [0, 0.05) is 25.4 Å². The van der Waals surface area contributed by atoms with Crippen LogP contribution in [0.4, 0.5) is 30.6 Å². The third kappa shape index (κ3) is 7.20. The topological polar surface area (TPSA) is 162 Å². The van der Waals surface area contributed by atoms with E-state index in [1.807, 2.05) is 6.92 Å². The maximum Gasteiger partial charge on any atom is 0.418 e. The number of carbonyl (C=O) groups excluding carboxylic acids is 2. The van der Waals surface area contributed by atoms with E-state index in [0.717, 1.165) is 29.0 Å². The van der Waals surface area contributed by atoms with Gasteiger partial charge in [-0.1, -0.05) is 11.6 Å². The Morgan fingerprint density at radius 1 is 1.02 bits per heavy atom. The molecule has 4 aromatic rings. The van der Waals surface area contributed by atoms with Crippen molar-refractivity contribution in [3.05, 3.63) is 69.0 Å². The maximum atomic E-state index is 13.1. The number of aromatic amines is 1. The second-order valence-corrected chi connectivity index (χ2v) is 9.75. The van der Waals surface area contributed by atoms with E-state index in [1.54, 1.807) is 13.3 Å². The van der Waals surface area contributed by atoms with Gasteiger partial charge in [-0.05, 0) is 19.9 Å². The van der Waals surface area contributed by atoms with Crippen molar-refractivity contribution in [3.8, 4) is 0 Å². The van der Waals surface area contributed by atoms with Crippen LogP contribution in [-0.2, 0) is 6.18 Å². The molecular formula is C23H22ClF3N10O2S. The van der Waals surface area contributed by atoms with Crippen LogP contribution in [-0.4, -0.2) is 54.8 Å². The number of hydrogen-bond acceptors (Lipinski definition) is 10. The van der Waals surface area contributed by atoms with Gasteiger partial charge in [0.25, 0.3) is 11.8 Å². The molecule has 0 radical (unpaired) electrons. The molecule has 0 fully saturated rings. The number of halogens is 4. The van der Waals surface area contributed by atoms with E-state index in [9.17, 15) is 22.8 Å². The number of rotatable bonds is 10. The molecule has 1 atom stereocenters. The molecule has 1 unspecified atom stereocenters. The lowest BCUT2D eigenvalue weighted by Gasteiger charge is -2.12. The van der Waals surface area contributed by atoms with Crippen molar-refractivity contribution in [2.75, 3.05) is 29.0 Å². The Hall–Kier alpha value is -4.31. The highest BCUT2D eigenvalue weighted by atomic mass is 35.5. The summed E-state index contributed by atoms with van der Waals surface area (Å²) >= 11 is 6.52. The predicted octanol–water partition coefficient (Wildman–Crippen LogP) is 4.30. The number of carbonyl (C=O) groups is 2. The summed E-state index contributed by atoms with van der Waals surface area (Å²) in [6, 6.07) is 1.54. The van der Waals surface area contributed by atoms with Crippen LogP contribution in [0, 0.1) is 6.92 Å². The highest BCUT2D eigenvalue weighted by Crippen LogP contribution is 2.35. The molecule has 0 aliphatic carbocycles. The van der Waals surface area contributed by atoms with Gasteiger partial charge in [-0.25, -0.2) is 24.9 Å². The van der Waals surface area contributed by atoms with Gasteiger partial charge in [-0.2, -0.15) is 13.2 Å². The Bertz CT molecular complexity index is 1510. The predicted molar refractivity (Wildman–Crippen MR) is 143 cm³/mol. The first-order valence-corrected chi connectivity index (χ1v) is 12.8. The van der Waals surface area contributed by atoms with Crippen LogP contribution >= 0.6 is 22.9 Å². The molecule has 0 aliphatic heterocycles. The molecule has 40 heavy (non-hydrogen) atoms. The number of alkyl halides is 3. The second-order valence-electron chi connectivity index (χ2n) is 8.28. The first kappa shape index (κ1) is 28.7. The first-order chi connectivity index (χ1) is 19.0. The number of nitrogens with one attached hydrogen (secondary N) is 5. The van der Waals surface area contributed by atoms with Crippen molar-refractivity contribution >= 4 is 52.2 Å². The van der Waals surface area contributed by atoms with E-state index in [-0.39, 0.29) is 16.4 Å². The molecule has 0 saturated carbocycles. The molecule has 4 heterocycles. The van der Waals surface area contributed by atoms with Gasteiger partial charge < -0.3 is 26.3 Å². The number of aromatic nitrogens is 6. The highest BCUT2D eigenvalue weighted by Gasteiger charge is 2.34. The Balaban J connectivity index is 1.31. The summed E-state index contributed by atoms with van der Waals surface area (Å²) in [5.41, 5.74) is -0.0879. The van der Waals surface area contributed by atoms with Crippen LogP contribution in [0.3, 0.4) is 0 Å². The van der Waals surface area contributed by atoms with E-state index in [2.05, 4.69) is 51.2 Å². The van der Waals surface area contributed by atoms with Crippen LogP contribution in [0.1, 0.15) is 49.4 Å². The number of pyridine rings is 1. The molecule has 0 bridgehead atoms. The molecule has 210 valence electrons. The van der Waals surface area contributed by atoms with Crippen molar-refractivity contribution < 1.29 is 22.8 Å². The minimum absolute atomic E-state index is 0.105. The van der Waals surface area contributed by atoms with Crippen LogP contribution < -0.4 is 21.3 Å². The van der Waals surface area contributed by atoms with Gasteiger partial charge in [0.1, 0.15) is 39.4 Å². The third-order valence-electron chi connectivity index (χ3n) is 5.32. The minimum Gasteiger partial charge on any atom is -0.368 e. The smallest absolute Gasteiger partial charge is 0.368 e. The number of nitrogens with zero attached hydrogens (tertiary/aromatic N) is 5. The lowest BCUT2D eigenvalue weighted by atomic mass is 10.2. The average molecular weight is 595 g/mol. The largest absolute Gasteiger partial charge is 0.418 e. The summed E-state index contributed by atoms with van der Waals surface area (Å²) < 4.78 is 39.2. The van der Waals surface area contributed by atoms with Crippen molar-refractivity contribution in [1.29, 1.82) is 0 Å². The lowest BCUT2D eigenvalue weighted by Crippen LogP contribution is -2.27. The number of aryl methyl sites for hydroxylation is 1. The fraction of sp³-hybridized carbons (Fsp3) is 0.261. The van der Waals surface area contributed by atoms with Gasteiger partial charge in [-0.15, -0.1) is 11.3 Å². The van der Waals surface area contributed by atoms with Crippen LogP contribution in [0.5, 0.6) is 0 Å². The van der Waals surface area contributed by atoms with Gasteiger partial charge in [0.2, 0.25) is 0 Å². The summed E-state index contributed by atoms with van der Waals surface area (Å²) in [6.07, 6.45) is 0.209. The molecule has 0 saturated heterocycles. The number of thiazole rings is 1. The van der Waals surface area contributed by atoms with Crippen molar-refractivity contribution in [3.63, 3.8) is 0 Å². The summed E-state index contributed by atoms with van der Waals surface area (Å²) in [6.45, 7) is 4.63. The zero-order chi connectivity index (χ0) is 28.9. The van der Waals surface area contributed by atoms with E-state index >= 15 is 0 Å². The molecule has 0 aliphatic rings. The Morgan fingerprint density at radius 3 is 2.52 bits per heavy atom. The van der Waals surface area contributed by atoms with Crippen LogP contribution in [0.2, 0.25) is 5.02 Å². The quantitative estimate of drug-likeness (QED) is 0.168. The molecule has 0 aromatic carbocycles. The summed E-state index contributed by atoms with van der Waals surface area (Å²) in [5, 5.41) is 11.1. The first-order valence-electron chi connectivity index (χ1n) is 11.6. The summed E-state index contributed by atoms with van der Waals surface area (Å²) in [4.78, 5) is 48.5. The molecule has 4 aromatic heterocycles. The third-order valence-corrected chi connectivity index (χ3v) is 6.80. The minimum atomic E-state index is -4.71. The van der Waals surface area contributed by atoms with Crippen molar-refractivity contribution in [2.24, 2.45) is 0 Å². The number of imidazole rings is 1.